The Morgan fingerprint density at radius 1 is 1.39 bits per heavy atom. The molecule has 0 bridgehead atoms. The number of hydrogen-bond acceptors (Lipinski definition) is 1. The van der Waals surface area contributed by atoms with Crippen molar-refractivity contribution in [2.24, 2.45) is 0 Å². The van der Waals surface area contributed by atoms with Crippen molar-refractivity contribution in [2.75, 3.05) is 0 Å². The third kappa shape index (κ3) is 3.70. The maximum Gasteiger partial charge on any atom is 0.192 e. The van der Waals surface area contributed by atoms with Crippen LogP contribution in [0.15, 0.2) is 21.3 Å². The molecule has 0 radical (unpaired) electrons. The summed E-state index contributed by atoms with van der Waals surface area (Å²) in [5.74, 6) is 0. The summed E-state index contributed by atoms with van der Waals surface area (Å²) in [7, 11) is -1.68. The molecule has 0 aromatic carbocycles. The molecule has 0 N–H and O–H groups in total. The molecule has 1 nitrogen and oxygen atoms in total. The van der Waals surface area contributed by atoms with Crippen molar-refractivity contribution >= 4 is 30.9 Å². The van der Waals surface area contributed by atoms with E-state index in [0.29, 0.717) is 0 Å². The minimum absolute atomic E-state index is 0.249. The lowest BCUT2D eigenvalue weighted by Crippen LogP contribution is -2.45. The first-order valence-corrected chi connectivity index (χ1v) is 10.8. The minimum Gasteiger partial charge on any atom is -0.410 e. The molecule has 0 saturated heterocycles. The van der Waals surface area contributed by atoms with E-state index in [-0.39, 0.29) is 11.1 Å². The SMILES string of the molecule is C=C1/C(=C(/C)I)CCC[C@@H]1O[Si](C)(C)C(C)(C)C. The van der Waals surface area contributed by atoms with Crippen molar-refractivity contribution in [3.05, 3.63) is 21.3 Å². The quantitative estimate of drug-likeness (QED) is 0.434. The Kier molecular flexibility index (Phi) is 5.29. The molecule has 0 aliphatic heterocycles. The molecule has 18 heavy (non-hydrogen) atoms. The summed E-state index contributed by atoms with van der Waals surface area (Å²) in [5.41, 5.74) is 2.67. The first kappa shape index (κ1) is 16.4. The van der Waals surface area contributed by atoms with Crippen LogP contribution in [0.4, 0.5) is 0 Å². The van der Waals surface area contributed by atoms with E-state index in [0.717, 1.165) is 6.42 Å². The van der Waals surface area contributed by atoms with Crippen LogP contribution in [0.2, 0.25) is 18.1 Å². The fourth-order valence-electron chi connectivity index (χ4n) is 2.05. The second kappa shape index (κ2) is 5.79. The van der Waals surface area contributed by atoms with Crippen LogP contribution in [-0.4, -0.2) is 14.4 Å². The van der Waals surface area contributed by atoms with E-state index in [2.05, 4.69) is 70.0 Å². The van der Waals surface area contributed by atoms with E-state index in [1.807, 2.05) is 0 Å². The highest BCUT2D eigenvalue weighted by molar-refractivity contribution is 14.1. The lowest BCUT2D eigenvalue weighted by atomic mass is 9.88. The Labute approximate surface area is 127 Å². The summed E-state index contributed by atoms with van der Waals surface area (Å²) in [6.45, 7) is 18.0. The second-order valence-electron chi connectivity index (χ2n) is 6.80. The Hall–Kier alpha value is 0.387. The van der Waals surface area contributed by atoms with Crippen LogP contribution in [0, 0.1) is 0 Å². The summed E-state index contributed by atoms with van der Waals surface area (Å²) in [4.78, 5) is 0. The number of allylic oxidation sites excluding steroid dienone is 1. The highest BCUT2D eigenvalue weighted by atomic mass is 127. The molecule has 1 aliphatic rings. The van der Waals surface area contributed by atoms with Crippen LogP contribution in [0.5, 0.6) is 0 Å². The molecule has 0 unspecified atom stereocenters. The minimum atomic E-state index is -1.68. The molecule has 0 aromatic rings. The van der Waals surface area contributed by atoms with Crippen LogP contribution in [-0.2, 0) is 4.43 Å². The van der Waals surface area contributed by atoms with E-state index in [1.54, 1.807) is 0 Å². The van der Waals surface area contributed by atoms with Gasteiger partial charge >= 0.3 is 0 Å². The number of rotatable bonds is 2. The van der Waals surface area contributed by atoms with Gasteiger partial charge < -0.3 is 4.43 Å². The van der Waals surface area contributed by atoms with Crippen molar-refractivity contribution in [1.82, 2.24) is 0 Å². The van der Waals surface area contributed by atoms with Gasteiger partial charge in [-0.05, 0) is 81.6 Å². The van der Waals surface area contributed by atoms with E-state index >= 15 is 0 Å². The predicted molar refractivity (Wildman–Crippen MR) is 91.8 cm³/mol. The third-order valence-corrected chi connectivity index (χ3v) is 9.47. The predicted octanol–water partition coefficient (Wildman–Crippen LogP) is 5.83. The van der Waals surface area contributed by atoms with Crippen molar-refractivity contribution in [2.45, 2.75) is 71.2 Å². The second-order valence-corrected chi connectivity index (χ2v) is 13.2. The van der Waals surface area contributed by atoms with Crippen LogP contribution < -0.4 is 0 Å². The summed E-state index contributed by atoms with van der Waals surface area (Å²) in [5, 5.41) is 0.272. The zero-order chi connectivity index (χ0) is 14.1. The zero-order valence-corrected chi connectivity index (χ0v) is 15.8. The lowest BCUT2D eigenvalue weighted by molar-refractivity contribution is 0.195. The van der Waals surface area contributed by atoms with Gasteiger partial charge in [-0.15, -0.1) is 0 Å². The molecule has 1 saturated carbocycles. The van der Waals surface area contributed by atoms with Crippen molar-refractivity contribution in [1.29, 1.82) is 0 Å². The first-order chi connectivity index (χ1) is 8.06. The Balaban J connectivity index is 2.86. The Morgan fingerprint density at radius 2 is 1.94 bits per heavy atom. The van der Waals surface area contributed by atoms with Crippen molar-refractivity contribution in [3.8, 4) is 0 Å². The van der Waals surface area contributed by atoms with Crippen molar-refractivity contribution in [3.63, 3.8) is 0 Å². The van der Waals surface area contributed by atoms with E-state index in [4.69, 9.17) is 4.43 Å². The van der Waals surface area contributed by atoms with Gasteiger partial charge in [0.1, 0.15) is 0 Å². The highest BCUT2D eigenvalue weighted by Gasteiger charge is 2.40. The van der Waals surface area contributed by atoms with Crippen LogP contribution in [0.3, 0.4) is 0 Å². The van der Waals surface area contributed by atoms with Crippen LogP contribution in [0.25, 0.3) is 0 Å². The standard InChI is InChI=1S/C15H27IOSi/c1-11-13(12(2)16)9-8-10-14(11)17-18(6,7)15(3,4)5/h14H,1,8-10H2,2-7H3/b13-12-/t14-/m0/s1. The van der Waals surface area contributed by atoms with Gasteiger partial charge in [-0.25, -0.2) is 0 Å². The largest absolute Gasteiger partial charge is 0.410 e. The highest BCUT2D eigenvalue weighted by Crippen LogP contribution is 2.41. The summed E-state index contributed by atoms with van der Waals surface area (Å²) in [6.07, 6.45) is 3.79. The normalized spacial score (nSPS) is 25.3. The molecule has 0 aromatic heterocycles. The van der Waals surface area contributed by atoms with E-state index in [1.165, 1.54) is 27.6 Å². The Morgan fingerprint density at radius 3 is 2.39 bits per heavy atom. The van der Waals surface area contributed by atoms with Gasteiger partial charge in [0.25, 0.3) is 0 Å². The fourth-order valence-corrected chi connectivity index (χ4v) is 3.99. The van der Waals surface area contributed by atoms with Gasteiger partial charge in [-0.1, -0.05) is 27.4 Å². The Bertz CT molecular complexity index is 359. The third-order valence-electron chi connectivity index (χ3n) is 4.33. The fraction of sp³-hybridized carbons (Fsp3) is 0.733. The summed E-state index contributed by atoms with van der Waals surface area (Å²) >= 11 is 2.41. The topological polar surface area (TPSA) is 9.23 Å². The lowest BCUT2D eigenvalue weighted by Gasteiger charge is -2.41. The van der Waals surface area contributed by atoms with Gasteiger partial charge in [-0.2, -0.15) is 0 Å². The average Bonchev–Trinajstić information content (AvgIpc) is 2.18. The molecular weight excluding hydrogens is 351 g/mol. The van der Waals surface area contributed by atoms with Gasteiger partial charge in [0.2, 0.25) is 0 Å². The van der Waals surface area contributed by atoms with Gasteiger partial charge in [0, 0.05) is 0 Å². The molecule has 104 valence electrons. The van der Waals surface area contributed by atoms with Gasteiger partial charge in [0.15, 0.2) is 8.32 Å². The summed E-state index contributed by atoms with van der Waals surface area (Å²) in [6, 6.07) is 0. The van der Waals surface area contributed by atoms with E-state index in [9.17, 15) is 0 Å². The van der Waals surface area contributed by atoms with Gasteiger partial charge in [0.05, 0.1) is 6.10 Å². The molecule has 0 heterocycles. The van der Waals surface area contributed by atoms with E-state index < -0.39 is 8.32 Å². The van der Waals surface area contributed by atoms with Crippen molar-refractivity contribution < 1.29 is 4.43 Å². The van der Waals surface area contributed by atoms with Crippen LogP contribution >= 0.6 is 22.6 Å². The number of halogens is 1. The number of hydrogen-bond donors (Lipinski definition) is 0. The molecule has 1 rings (SSSR count). The maximum atomic E-state index is 6.54. The molecule has 3 heteroatoms. The monoisotopic (exact) mass is 378 g/mol. The molecule has 1 fully saturated rings. The molecule has 1 aliphatic carbocycles. The smallest absolute Gasteiger partial charge is 0.192 e. The molecule has 0 amide bonds. The molecule has 0 spiro atoms. The molecule has 1 atom stereocenters. The maximum absolute atomic E-state index is 6.54. The average molecular weight is 378 g/mol. The van der Waals surface area contributed by atoms with Gasteiger partial charge in [-0.3, -0.25) is 0 Å². The van der Waals surface area contributed by atoms with Crippen LogP contribution in [0.1, 0.15) is 47.0 Å². The first-order valence-electron chi connectivity index (χ1n) is 6.78. The summed E-state index contributed by atoms with van der Waals surface area (Å²) < 4.78 is 7.91. The molecular formula is C15H27IOSi. The zero-order valence-electron chi connectivity index (χ0n) is 12.7.